The fourth-order valence-corrected chi connectivity index (χ4v) is 3.56. The Hall–Kier alpha value is -3.18. The van der Waals surface area contributed by atoms with Gasteiger partial charge in [0.15, 0.2) is 0 Å². The van der Waals surface area contributed by atoms with Crippen LogP contribution < -0.4 is 10.2 Å². The van der Waals surface area contributed by atoms with Crippen molar-refractivity contribution in [1.29, 1.82) is 0 Å². The molecule has 0 aliphatic heterocycles. The van der Waals surface area contributed by atoms with Gasteiger partial charge in [-0.25, -0.2) is 4.98 Å². The van der Waals surface area contributed by atoms with Gasteiger partial charge in [-0.15, -0.1) is 0 Å². The number of amides is 1. The Labute approximate surface area is 215 Å². The number of pyridine rings is 1. The first-order valence-corrected chi connectivity index (χ1v) is 12.5. The maximum atomic E-state index is 11.1. The maximum absolute atomic E-state index is 11.1. The van der Waals surface area contributed by atoms with E-state index in [1.807, 2.05) is 75.5 Å². The van der Waals surface area contributed by atoms with E-state index in [2.05, 4.69) is 34.3 Å². The monoisotopic (exact) mass is 495 g/mol. The molecule has 0 radical (unpaired) electrons. The van der Waals surface area contributed by atoms with E-state index in [1.54, 1.807) is 6.20 Å². The predicted molar refractivity (Wildman–Crippen MR) is 148 cm³/mol. The van der Waals surface area contributed by atoms with Crippen molar-refractivity contribution in [3.05, 3.63) is 89.1 Å². The Morgan fingerprint density at radius 1 is 1.09 bits per heavy atom. The van der Waals surface area contributed by atoms with Gasteiger partial charge in [-0.1, -0.05) is 81.3 Å². The molecule has 0 fully saturated rings. The number of carbonyl (C=O) groups is 2. The van der Waals surface area contributed by atoms with Crippen LogP contribution in [0, 0.1) is 0 Å². The topological polar surface area (TPSA) is 62.3 Å². The first-order chi connectivity index (χ1) is 16.9. The van der Waals surface area contributed by atoms with Crippen LogP contribution in [0.5, 0.6) is 0 Å². The van der Waals surface area contributed by atoms with Gasteiger partial charge in [0.2, 0.25) is 5.91 Å². The molecule has 0 saturated heterocycles. The van der Waals surface area contributed by atoms with Crippen molar-refractivity contribution in [3.8, 4) is 0 Å². The minimum Gasteiger partial charge on any atom is -0.374 e. The number of hydrogen-bond acceptors (Lipinski definition) is 4. The van der Waals surface area contributed by atoms with E-state index < -0.39 is 0 Å². The van der Waals surface area contributed by atoms with Gasteiger partial charge >= 0.3 is 0 Å². The van der Waals surface area contributed by atoms with Crippen LogP contribution in [0.25, 0.3) is 0 Å². The molecule has 1 N–H and O–H groups in total. The average molecular weight is 496 g/mol. The highest BCUT2D eigenvalue weighted by Crippen LogP contribution is 2.23. The molecule has 0 bridgehead atoms. The third-order valence-corrected chi connectivity index (χ3v) is 5.34. The second kappa shape index (κ2) is 17.3. The molecule has 1 aromatic heterocycles. The molecule has 3 aromatic rings. The van der Waals surface area contributed by atoms with Gasteiger partial charge in [-0.3, -0.25) is 4.79 Å². The first-order valence-electron chi connectivity index (χ1n) is 12.1. The van der Waals surface area contributed by atoms with E-state index in [-0.39, 0.29) is 11.8 Å². The van der Waals surface area contributed by atoms with Gasteiger partial charge in [0, 0.05) is 55.8 Å². The van der Waals surface area contributed by atoms with E-state index in [0.29, 0.717) is 18.8 Å². The lowest BCUT2D eigenvalue weighted by Gasteiger charge is -2.25. The molecule has 5 nitrogen and oxygen atoms in total. The molecule has 188 valence electrons. The standard InChI is InChI=1S/C18H21N3O2.C9H11Cl.C2H6/c1-14(23)20-18-12-17(8-10-19-18)21(2)13-16(9-11-22)15-6-4-3-5-7-15;1-2-3-8-4-6-9(10)7-5-8;1-2/h3-8,10-12,16H,9,13H2,1-2H3,(H,19,20,23);4-7H,2-3H2,1H3;1-2H3. The second-order valence-electron chi connectivity index (χ2n) is 7.85. The lowest BCUT2D eigenvalue weighted by Crippen LogP contribution is -2.25. The minimum atomic E-state index is -0.152. The highest BCUT2D eigenvalue weighted by atomic mass is 35.5. The van der Waals surface area contributed by atoms with Crippen LogP contribution >= 0.6 is 11.6 Å². The van der Waals surface area contributed by atoms with E-state index in [4.69, 9.17) is 11.6 Å². The van der Waals surface area contributed by atoms with Crippen LogP contribution in [0.1, 0.15) is 57.6 Å². The highest BCUT2D eigenvalue weighted by Gasteiger charge is 2.14. The van der Waals surface area contributed by atoms with E-state index in [1.165, 1.54) is 18.9 Å². The highest BCUT2D eigenvalue weighted by molar-refractivity contribution is 6.30. The smallest absolute Gasteiger partial charge is 0.222 e. The number of likely N-dealkylation sites (N-methyl/N-ethyl adjacent to an activating group) is 1. The molecule has 1 atom stereocenters. The molecule has 1 unspecified atom stereocenters. The molecule has 0 saturated carbocycles. The summed E-state index contributed by atoms with van der Waals surface area (Å²) in [6.07, 6.45) is 5.44. The number of carbonyl (C=O) groups excluding carboxylic acids is 2. The number of anilines is 2. The normalized spacial score (nSPS) is 10.6. The average Bonchev–Trinajstić information content (AvgIpc) is 2.87. The number of hydrogen-bond donors (Lipinski definition) is 1. The van der Waals surface area contributed by atoms with Crippen LogP contribution in [0.2, 0.25) is 5.02 Å². The molecule has 1 amide bonds. The third-order valence-electron chi connectivity index (χ3n) is 5.09. The molecule has 0 spiro atoms. The molecule has 2 aromatic carbocycles. The quantitative estimate of drug-likeness (QED) is 0.319. The summed E-state index contributed by atoms with van der Waals surface area (Å²) < 4.78 is 0. The van der Waals surface area contributed by atoms with Crippen LogP contribution in [-0.2, 0) is 16.0 Å². The summed E-state index contributed by atoms with van der Waals surface area (Å²) in [5, 5.41) is 3.50. The summed E-state index contributed by atoms with van der Waals surface area (Å²) in [5.74, 6) is 0.491. The summed E-state index contributed by atoms with van der Waals surface area (Å²) in [7, 11) is 1.97. The van der Waals surface area contributed by atoms with Gasteiger partial charge in [0.05, 0.1) is 0 Å². The zero-order chi connectivity index (χ0) is 26.1. The number of aryl methyl sites for hydroxylation is 1. The first kappa shape index (κ1) is 29.9. The Kier molecular flexibility index (Phi) is 14.7. The van der Waals surface area contributed by atoms with Crippen molar-refractivity contribution >= 4 is 35.3 Å². The zero-order valence-electron chi connectivity index (χ0n) is 21.5. The van der Waals surface area contributed by atoms with Crippen LogP contribution in [0.3, 0.4) is 0 Å². The Bertz CT molecular complexity index is 994. The fraction of sp³-hybridized carbons (Fsp3) is 0.345. The van der Waals surface area contributed by atoms with Crippen molar-refractivity contribution in [1.82, 2.24) is 4.98 Å². The molecular weight excluding hydrogens is 458 g/mol. The lowest BCUT2D eigenvalue weighted by atomic mass is 9.95. The number of halogens is 1. The van der Waals surface area contributed by atoms with E-state index in [0.717, 1.165) is 29.0 Å². The van der Waals surface area contributed by atoms with Crippen molar-refractivity contribution in [2.24, 2.45) is 0 Å². The van der Waals surface area contributed by atoms with Crippen molar-refractivity contribution < 1.29 is 9.59 Å². The molecule has 0 aliphatic rings. The van der Waals surface area contributed by atoms with Gasteiger partial charge in [0.25, 0.3) is 0 Å². The van der Waals surface area contributed by atoms with Gasteiger partial charge < -0.3 is 15.0 Å². The van der Waals surface area contributed by atoms with Gasteiger partial charge in [0.1, 0.15) is 12.1 Å². The van der Waals surface area contributed by atoms with Crippen LogP contribution in [0.4, 0.5) is 11.5 Å². The van der Waals surface area contributed by atoms with Crippen molar-refractivity contribution in [2.75, 3.05) is 23.8 Å². The van der Waals surface area contributed by atoms with E-state index >= 15 is 0 Å². The Morgan fingerprint density at radius 2 is 1.74 bits per heavy atom. The lowest BCUT2D eigenvalue weighted by molar-refractivity contribution is -0.114. The second-order valence-corrected chi connectivity index (χ2v) is 8.28. The maximum Gasteiger partial charge on any atom is 0.222 e. The number of aromatic nitrogens is 1. The SMILES string of the molecule is CC.CC(=O)Nc1cc(N(C)CC(CC=O)c2ccccc2)ccn1.CCCc1ccc(Cl)cc1. The molecule has 35 heavy (non-hydrogen) atoms. The number of nitrogens with one attached hydrogen (secondary N) is 1. The van der Waals surface area contributed by atoms with Gasteiger partial charge in [-0.05, 0) is 35.7 Å². The van der Waals surface area contributed by atoms with Crippen molar-refractivity contribution in [2.45, 2.75) is 52.9 Å². The summed E-state index contributed by atoms with van der Waals surface area (Å²) in [5.41, 5.74) is 3.45. The van der Waals surface area contributed by atoms with Crippen LogP contribution in [-0.4, -0.2) is 30.8 Å². The molecular formula is C29H38ClN3O2. The number of benzene rings is 2. The number of aldehydes is 1. The zero-order valence-corrected chi connectivity index (χ0v) is 22.3. The largest absolute Gasteiger partial charge is 0.374 e. The predicted octanol–water partition coefficient (Wildman–Crippen LogP) is 7.17. The molecule has 3 rings (SSSR count). The minimum absolute atomic E-state index is 0.121. The molecule has 1 heterocycles. The summed E-state index contributed by atoms with van der Waals surface area (Å²) in [6.45, 7) is 8.33. The summed E-state index contributed by atoms with van der Waals surface area (Å²) in [6, 6.07) is 21.7. The number of nitrogens with zero attached hydrogens (tertiary/aromatic N) is 2. The number of rotatable bonds is 9. The Morgan fingerprint density at radius 3 is 2.31 bits per heavy atom. The Balaban J connectivity index is 0.000000425. The third kappa shape index (κ3) is 11.7. The molecule has 6 heteroatoms. The van der Waals surface area contributed by atoms with Gasteiger partial charge in [-0.2, -0.15) is 0 Å². The van der Waals surface area contributed by atoms with E-state index in [9.17, 15) is 9.59 Å². The fourth-order valence-electron chi connectivity index (χ4n) is 3.44. The van der Waals surface area contributed by atoms with Crippen LogP contribution in [0.15, 0.2) is 72.9 Å². The molecule has 0 aliphatic carbocycles. The summed E-state index contributed by atoms with van der Waals surface area (Å²) in [4.78, 5) is 28.3. The van der Waals surface area contributed by atoms with Crippen molar-refractivity contribution in [3.63, 3.8) is 0 Å². The summed E-state index contributed by atoms with van der Waals surface area (Å²) >= 11 is 5.71.